The predicted octanol–water partition coefficient (Wildman–Crippen LogP) is 2.72. The first-order valence-corrected chi connectivity index (χ1v) is 7.33. The first-order chi connectivity index (χ1) is 9.08. The average Bonchev–Trinajstić information content (AvgIpc) is 2.38. The number of hydrogen-bond acceptors (Lipinski definition) is 3. The normalized spacial score (nSPS) is 18.4. The van der Waals surface area contributed by atoms with Crippen molar-refractivity contribution in [2.45, 2.75) is 13.0 Å². The molecule has 0 aromatic heterocycles. The van der Waals surface area contributed by atoms with Crippen LogP contribution in [0.2, 0.25) is 5.02 Å². The van der Waals surface area contributed by atoms with Crippen LogP contribution in [0.5, 0.6) is 5.75 Å². The summed E-state index contributed by atoms with van der Waals surface area (Å²) >= 11 is 9.36. The Kier molecular flexibility index (Phi) is 7.09. The van der Waals surface area contributed by atoms with Crippen LogP contribution in [0, 0.1) is 0 Å². The Bertz CT molecular complexity index is 474. The van der Waals surface area contributed by atoms with Gasteiger partial charge in [-0.1, -0.05) is 27.5 Å². The highest BCUT2D eigenvalue weighted by Gasteiger charge is 2.23. The van der Waals surface area contributed by atoms with Crippen molar-refractivity contribution in [1.29, 1.82) is 0 Å². The van der Waals surface area contributed by atoms with Crippen LogP contribution in [-0.2, 0) is 4.79 Å². The third kappa shape index (κ3) is 4.52. The first-order valence-electron chi connectivity index (χ1n) is 6.16. The molecule has 0 bridgehead atoms. The van der Waals surface area contributed by atoms with Gasteiger partial charge in [-0.15, -0.1) is 12.4 Å². The van der Waals surface area contributed by atoms with Crippen LogP contribution >= 0.6 is 39.9 Å². The van der Waals surface area contributed by atoms with Gasteiger partial charge in [-0.3, -0.25) is 4.79 Å². The number of ether oxygens (including phenoxy) is 1. The maximum atomic E-state index is 12.1. The highest BCUT2D eigenvalue weighted by molar-refractivity contribution is 9.10. The Labute approximate surface area is 138 Å². The van der Waals surface area contributed by atoms with Crippen LogP contribution in [0.3, 0.4) is 0 Å². The van der Waals surface area contributed by atoms with Crippen LogP contribution in [0.1, 0.15) is 6.92 Å². The molecule has 1 aromatic carbocycles. The van der Waals surface area contributed by atoms with Crippen molar-refractivity contribution < 1.29 is 9.53 Å². The zero-order chi connectivity index (χ0) is 13.8. The quantitative estimate of drug-likeness (QED) is 0.872. The number of benzene rings is 1. The second-order valence-corrected chi connectivity index (χ2v) is 5.83. The zero-order valence-electron chi connectivity index (χ0n) is 11.1. The number of amides is 1. The molecule has 20 heavy (non-hydrogen) atoms. The molecule has 0 spiro atoms. The molecule has 1 amide bonds. The number of hydrogen-bond donors (Lipinski definition) is 1. The van der Waals surface area contributed by atoms with Gasteiger partial charge in [0.25, 0.3) is 5.91 Å². The molecule has 112 valence electrons. The molecule has 1 heterocycles. The van der Waals surface area contributed by atoms with Crippen molar-refractivity contribution in [2.24, 2.45) is 0 Å². The molecule has 4 nitrogen and oxygen atoms in total. The third-order valence-electron chi connectivity index (χ3n) is 3.07. The van der Waals surface area contributed by atoms with Crippen molar-refractivity contribution >= 4 is 45.8 Å². The van der Waals surface area contributed by atoms with Crippen molar-refractivity contribution in [3.63, 3.8) is 0 Å². The summed E-state index contributed by atoms with van der Waals surface area (Å²) in [5.41, 5.74) is 0. The fraction of sp³-hybridized carbons (Fsp3) is 0.462. The fourth-order valence-corrected chi connectivity index (χ4v) is 2.75. The van der Waals surface area contributed by atoms with Crippen molar-refractivity contribution in [3.05, 3.63) is 27.7 Å². The van der Waals surface area contributed by atoms with E-state index in [1.54, 1.807) is 12.1 Å². The number of piperazine rings is 1. The molecule has 2 rings (SSSR count). The van der Waals surface area contributed by atoms with Crippen LogP contribution < -0.4 is 10.1 Å². The lowest BCUT2D eigenvalue weighted by Crippen LogP contribution is -2.53. The van der Waals surface area contributed by atoms with Gasteiger partial charge in [0.05, 0.1) is 5.02 Å². The van der Waals surface area contributed by atoms with Gasteiger partial charge >= 0.3 is 0 Å². The van der Waals surface area contributed by atoms with Gasteiger partial charge in [-0.2, -0.15) is 0 Å². The summed E-state index contributed by atoms with van der Waals surface area (Å²) in [7, 11) is 0. The van der Waals surface area contributed by atoms with Crippen molar-refractivity contribution in [2.75, 3.05) is 26.2 Å². The number of rotatable bonds is 3. The molecule has 0 aliphatic carbocycles. The standard InChI is InChI=1S/C13H16BrClN2O2.ClH/c1-9-7-16-4-5-17(9)13(18)8-19-12-3-2-10(14)6-11(12)15;/h2-3,6,9,16H,4-5,7-8H2,1H3;1H/t9-;/m0./s1. The van der Waals surface area contributed by atoms with E-state index < -0.39 is 0 Å². The summed E-state index contributed by atoms with van der Waals surface area (Å²) in [5, 5.41) is 3.74. The van der Waals surface area contributed by atoms with Gasteiger partial charge in [0, 0.05) is 30.1 Å². The molecular weight excluding hydrogens is 367 g/mol. The van der Waals surface area contributed by atoms with Crippen molar-refractivity contribution in [1.82, 2.24) is 10.2 Å². The van der Waals surface area contributed by atoms with E-state index in [9.17, 15) is 4.79 Å². The highest BCUT2D eigenvalue weighted by atomic mass is 79.9. The summed E-state index contributed by atoms with van der Waals surface area (Å²) in [6, 6.07) is 5.53. The van der Waals surface area contributed by atoms with Crippen molar-refractivity contribution in [3.8, 4) is 5.75 Å². The number of nitrogens with zero attached hydrogens (tertiary/aromatic N) is 1. The minimum atomic E-state index is -0.00649. The summed E-state index contributed by atoms with van der Waals surface area (Å²) in [5.74, 6) is 0.522. The molecule has 1 aliphatic heterocycles. The maximum Gasteiger partial charge on any atom is 0.260 e. The Hall–Kier alpha value is -0.490. The largest absolute Gasteiger partial charge is 0.482 e. The Morgan fingerprint density at radius 1 is 1.60 bits per heavy atom. The summed E-state index contributed by atoms with van der Waals surface area (Å²) in [6.45, 7) is 4.42. The van der Waals surface area contributed by atoms with E-state index in [1.165, 1.54) is 0 Å². The minimum absolute atomic E-state index is 0. The second kappa shape index (κ2) is 8.08. The fourth-order valence-electron chi connectivity index (χ4n) is 2.03. The molecule has 0 saturated carbocycles. The number of nitrogens with one attached hydrogen (secondary N) is 1. The Morgan fingerprint density at radius 2 is 2.35 bits per heavy atom. The molecule has 0 unspecified atom stereocenters. The Morgan fingerprint density at radius 3 is 3.00 bits per heavy atom. The lowest BCUT2D eigenvalue weighted by atomic mass is 10.2. The summed E-state index contributed by atoms with van der Waals surface area (Å²) < 4.78 is 6.37. The number of halogens is 3. The average molecular weight is 384 g/mol. The second-order valence-electron chi connectivity index (χ2n) is 4.50. The predicted molar refractivity (Wildman–Crippen MR) is 85.9 cm³/mol. The van der Waals surface area contributed by atoms with Crippen LogP contribution in [0.25, 0.3) is 0 Å². The van der Waals surface area contributed by atoms with Gasteiger partial charge in [0.1, 0.15) is 5.75 Å². The van der Waals surface area contributed by atoms with E-state index in [1.807, 2.05) is 17.9 Å². The number of carbonyl (C=O) groups excluding carboxylic acids is 1. The number of carbonyl (C=O) groups is 1. The van der Waals surface area contributed by atoms with E-state index in [4.69, 9.17) is 16.3 Å². The molecule has 1 atom stereocenters. The summed E-state index contributed by atoms with van der Waals surface area (Å²) in [4.78, 5) is 13.9. The molecule has 1 fully saturated rings. The van der Waals surface area contributed by atoms with Gasteiger partial charge in [-0.05, 0) is 25.1 Å². The van der Waals surface area contributed by atoms with Crippen LogP contribution in [-0.4, -0.2) is 43.1 Å². The van der Waals surface area contributed by atoms with E-state index in [2.05, 4.69) is 21.2 Å². The van der Waals surface area contributed by atoms with Gasteiger partial charge in [-0.25, -0.2) is 0 Å². The highest BCUT2D eigenvalue weighted by Crippen LogP contribution is 2.27. The third-order valence-corrected chi connectivity index (χ3v) is 3.86. The van der Waals surface area contributed by atoms with Gasteiger partial charge in [0.2, 0.25) is 0 Å². The van der Waals surface area contributed by atoms with Gasteiger partial charge in [0.15, 0.2) is 6.61 Å². The van der Waals surface area contributed by atoms with E-state index in [0.717, 1.165) is 24.1 Å². The SMILES string of the molecule is C[C@H]1CNCCN1C(=O)COc1ccc(Br)cc1Cl.Cl. The van der Waals surface area contributed by atoms with E-state index in [-0.39, 0.29) is 31.0 Å². The minimum Gasteiger partial charge on any atom is -0.482 e. The van der Waals surface area contributed by atoms with Crippen LogP contribution in [0.4, 0.5) is 0 Å². The molecule has 7 heteroatoms. The molecule has 1 aromatic rings. The zero-order valence-corrected chi connectivity index (χ0v) is 14.2. The molecular formula is C13H17BrCl2N2O2. The monoisotopic (exact) mass is 382 g/mol. The van der Waals surface area contributed by atoms with E-state index in [0.29, 0.717) is 10.8 Å². The van der Waals surface area contributed by atoms with Crippen LogP contribution in [0.15, 0.2) is 22.7 Å². The maximum absolute atomic E-state index is 12.1. The molecule has 1 N–H and O–H groups in total. The van der Waals surface area contributed by atoms with E-state index >= 15 is 0 Å². The first kappa shape index (κ1) is 17.6. The van der Waals surface area contributed by atoms with Gasteiger partial charge < -0.3 is 15.0 Å². The Balaban J connectivity index is 0.00000200. The molecule has 0 radical (unpaired) electrons. The topological polar surface area (TPSA) is 41.6 Å². The smallest absolute Gasteiger partial charge is 0.260 e. The summed E-state index contributed by atoms with van der Waals surface area (Å²) in [6.07, 6.45) is 0. The lowest BCUT2D eigenvalue weighted by molar-refractivity contribution is -0.136. The molecule has 1 saturated heterocycles. The lowest BCUT2D eigenvalue weighted by Gasteiger charge is -2.33. The molecule has 1 aliphatic rings.